The predicted molar refractivity (Wildman–Crippen MR) is 138 cm³/mol. The highest BCUT2D eigenvalue weighted by atomic mass is 16.2. The Labute approximate surface area is 210 Å². The topological polar surface area (TPSA) is 69.7 Å². The monoisotopic (exact) mass is 477 g/mol. The van der Waals surface area contributed by atoms with Gasteiger partial charge in [0, 0.05) is 23.8 Å². The lowest BCUT2D eigenvalue weighted by molar-refractivity contribution is -0.143. The van der Waals surface area contributed by atoms with Gasteiger partial charge >= 0.3 is 0 Å². The summed E-state index contributed by atoms with van der Waals surface area (Å²) in [6.45, 7) is 2.49. The van der Waals surface area contributed by atoms with E-state index in [1.54, 1.807) is 4.90 Å². The standard InChI is InChI=1S/C30H27N3O3/c1-20-25-26(28(35)33(27(25)34)19-22-13-6-3-7-14-22)30(31-20)23-16-8-9-17-24(23)32(29(30)36)18-10-15-21-11-4-2-5-12-21/h2-17,20,25-26,31H,18-19H2,1H3/b15-10-/t20-,25-,26+,30-/m0/s1. The van der Waals surface area contributed by atoms with Gasteiger partial charge in [0.25, 0.3) is 5.91 Å². The molecule has 2 fully saturated rings. The van der Waals surface area contributed by atoms with Crippen molar-refractivity contribution in [3.63, 3.8) is 0 Å². The Hall–Kier alpha value is -4.03. The minimum atomic E-state index is -1.25. The summed E-state index contributed by atoms with van der Waals surface area (Å²) in [5.41, 5.74) is 2.24. The molecule has 6 heteroatoms. The minimum Gasteiger partial charge on any atom is -0.306 e. The summed E-state index contributed by atoms with van der Waals surface area (Å²) >= 11 is 0. The molecule has 0 saturated carbocycles. The lowest BCUT2D eigenvalue weighted by Crippen LogP contribution is -2.54. The highest BCUT2D eigenvalue weighted by Gasteiger charge is 2.70. The van der Waals surface area contributed by atoms with Crippen molar-refractivity contribution in [3.8, 4) is 0 Å². The number of amides is 3. The molecule has 1 N–H and O–H groups in total. The summed E-state index contributed by atoms with van der Waals surface area (Å²) in [6, 6.07) is 26.7. The Morgan fingerprint density at radius 1 is 0.833 bits per heavy atom. The van der Waals surface area contributed by atoms with Gasteiger partial charge in [0.2, 0.25) is 11.8 Å². The molecule has 3 aliphatic rings. The second kappa shape index (κ2) is 8.57. The number of carbonyl (C=O) groups excluding carboxylic acids is 3. The van der Waals surface area contributed by atoms with Gasteiger partial charge in [-0.05, 0) is 24.1 Å². The number of anilines is 1. The van der Waals surface area contributed by atoms with E-state index in [1.807, 2.05) is 104 Å². The number of likely N-dealkylation sites (tertiary alicyclic amines) is 1. The Bertz CT molecular complexity index is 1370. The molecule has 3 aromatic carbocycles. The zero-order chi connectivity index (χ0) is 24.9. The van der Waals surface area contributed by atoms with E-state index in [0.29, 0.717) is 6.54 Å². The molecule has 0 radical (unpaired) electrons. The number of benzene rings is 3. The maximum atomic E-state index is 14.2. The van der Waals surface area contributed by atoms with Gasteiger partial charge in [0.1, 0.15) is 5.54 Å². The molecule has 2 saturated heterocycles. The first kappa shape index (κ1) is 22.4. The van der Waals surface area contributed by atoms with E-state index in [-0.39, 0.29) is 30.3 Å². The van der Waals surface area contributed by atoms with Crippen LogP contribution in [-0.4, -0.2) is 35.2 Å². The highest BCUT2D eigenvalue weighted by molar-refractivity contribution is 6.16. The molecular weight excluding hydrogens is 450 g/mol. The van der Waals surface area contributed by atoms with Crippen molar-refractivity contribution < 1.29 is 14.4 Å². The Morgan fingerprint density at radius 3 is 2.25 bits per heavy atom. The first-order chi connectivity index (χ1) is 17.5. The van der Waals surface area contributed by atoms with Gasteiger partial charge in [-0.15, -0.1) is 0 Å². The van der Waals surface area contributed by atoms with E-state index in [9.17, 15) is 14.4 Å². The Kier molecular flexibility index (Phi) is 5.34. The summed E-state index contributed by atoms with van der Waals surface area (Å²) in [5.74, 6) is -2.03. The molecular formula is C30H27N3O3. The van der Waals surface area contributed by atoms with Gasteiger partial charge < -0.3 is 4.90 Å². The van der Waals surface area contributed by atoms with Gasteiger partial charge in [-0.1, -0.05) is 91.0 Å². The normalized spacial score (nSPS) is 26.9. The van der Waals surface area contributed by atoms with Crippen LogP contribution in [0.5, 0.6) is 0 Å². The lowest BCUT2D eigenvalue weighted by atomic mass is 9.76. The van der Waals surface area contributed by atoms with Crippen molar-refractivity contribution in [1.82, 2.24) is 10.2 Å². The van der Waals surface area contributed by atoms with Crippen LogP contribution in [0.15, 0.2) is 91.0 Å². The fraction of sp³-hybridized carbons (Fsp3) is 0.233. The van der Waals surface area contributed by atoms with Crippen molar-refractivity contribution in [3.05, 3.63) is 108 Å². The van der Waals surface area contributed by atoms with E-state index < -0.39 is 17.4 Å². The summed E-state index contributed by atoms with van der Waals surface area (Å²) in [6.07, 6.45) is 3.95. The molecule has 3 aromatic rings. The number of carbonyl (C=O) groups is 3. The van der Waals surface area contributed by atoms with Crippen LogP contribution in [0.1, 0.15) is 23.6 Å². The van der Waals surface area contributed by atoms with Gasteiger partial charge in [0.05, 0.1) is 18.4 Å². The lowest BCUT2D eigenvalue weighted by Gasteiger charge is -2.30. The maximum absolute atomic E-state index is 14.2. The third kappa shape index (κ3) is 3.25. The van der Waals surface area contributed by atoms with E-state index in [4.69, 9.17) is 0 Å². The van der Waals surface area contributed by atoms with Crippen molar-refractivity contribution in [2.24, 2.45) is 11.8 Å². The number of rotatable bonds is 5. The number of fused-ring (bicyclic) bond motifs is 4. The molecule has 3 aliphatic heterocycles. The summed E-state index contributed by atoms with van der Waals surface area (Å²) in [5, 5.41) is 3.44. The molecule has 0 bridgehead atoms. The minimum absolute atomic E-state index is 0.177. The Balaban J connectivity index is 1.36. The first-order valence-electron chi connectivity index (χ1n) is 12.3. The van der Waals surface area contributed by atoms with Crippen molar-refractivity contribution >= 4 is 29.5 Å². The highest BCUT2D eigenvalue weighted by Crippen LogP contribution is 2.54. The first-order valence-corrected chi connectivity index (χ1v) is 12.3. The van der Waals surface area contributed by atoms with Crippen LogP contribution < -0.4 is 10.2 Å². The van der Waals surface area contributed by atoms with E-state index >= 15 is 0 Å². The number of nitrogens with one attached hydrogen (secondary N) is 1. The third-order valence-corrected chi connectivity index (χ3v) is 7.69. The Morgan fingerprint density at radius 2 is 1.50 bits per heavy atom. The fourth-order valence-corrected chi connectivity index (χ4v) is 6.13. The van der Waals surface area contributed by atoms with Crippen LogP contribution in [-0.2, 0) is 26.5 Å². The number of hydrogen-bond acceptors (Lipinski definition) is 4. The van der Waals surface area contributed by atoms with E-state index in [0.717, 1.165) is 22.4 Å². The fourth-order valence-electron chi connectivity index (χ4n) is 6.13. The zero-order valence-corrected chi connectivity index (χ0v) is 20.0. The van der Waals surface area contributed by atoms with Gasteiger partial charge in [-0.3, -0.25) is 24.6 Å². The number of nitrogens with zero attached hydrogens (tertiary/aromatic N) is 2. The number of imide groups is 1. The molecule has 6 rings (SSSR count). The molecule has 3 heterocycles. The third-order valence-electron chi connectivity index (χ3n) is 7.69. The average Bonchev–Trinajstić information content (AvgIpc) is 3.44. The zero-order valence-electron chi connectivity index (χ0n) is 20.0. The molecule has 36 heavy (non-hydrogen) atoms. The molecule has 0 aromatic heterocycles. The quantitative estimate of drug-likeness (QED) is 0.569. The largest absolute Gasteiger partial charge is 0.306 e. The summed E-state index contributed by atoms with van der Waals surface area (Å²) < 4.78 is 0. The average molecular weight is 478 g/mol. The maximum Gasteiger partial charge on any atom is 0.253 e. The van der Waals surface area contributed by atoms with Gasteiger partial charge in [-0.25, -0.2) is 0 Å². The van der Waals surface area contributed by atoms with Crippen molar-refractivity contribution in [2.45, 2.75) is 25.0 Å². The molecule has 0 aliphatic carbocycles. The molecule has 180 valence electrons. The van der Waals surface area contributed by atoms with Crippen molar-refractivity contribution in [2.75, 3.05) is 11.4 Å². The second-order valence-corrected chi connectivity index (χ2v) is 9.74. The van der Waals surface area contributed by atoms with Crippen LogP contribution in [0.2, 0.25) is 0 Å². The van der Waals surface area contributed by atoms with Gasteiger partial charge in [-0.2, -0.15) is 0 Å². The van der Waals surface area contributed by atoms with Crippen LogP contribution in [0, 0.1) is 11.8 Å². The van der Waals surface area contributed by atoms with Crippen LogP contribution in [0.25, 0.3) is 6.08 Å². The molecule has 6 nitrogen and oxygen atoms in total. The van der Waals surface area contributed by atoms with Crippen LogP contribution >= 0.6 is 0 Å². The SMILES string of the molecule is C[C@@H]1N[C@]2(C(=O)N(C/C=C\c3ccccc3)c3ccccc32)[C@H]2C(=O)N(Cc3ccccc3)C(=O)[C@@H]12. The van der Waals surface area contributed by atoms with Gasteiger partial charge in [0.15, 0.2) is 0 Å². The van der Waals surface area contributed by atoms with E-state index in [1.165, 1.54) is 4.90 Å². The molecule has 1 spiro atoms. The van der Waals surface area contributed by atoms with E-state index in [2.05, 4.69) is 5.32 Å². The summed E-state index contributed by atoms with van der Waals surface area (Å²) in [4.78, 5) is 44.6. The number of para-hydroxylation sites is 1. The summed E-state index contributed by atoms with van der Waals surface area (Å²) in [7, 11) is 0. The molecule has 3 amide bonds. The van der Waals surface area contributed by atoms with Crippen molar-refractivity contribution in [1.29, 1.82) is 0 Å². The number of hydrogen-bond donors (Lipinski definition) is 1. The van der Waals surface area contributed by atoms with Crippen LogP contribution in [0.4, 0.5) is 5.69 Å². The van der Waals surface area contributed by atoms with Crippen LogP contribution in [0.3, 0.4) is 0 Å². The smallest absolute Gasteiger partial charge is 0.253 e. The molecule has 4 atom stereocenters. The predicted octanol–water partition coefficient (Wildman–Crippen LogP) is 3.74. The molecule has 0 unspecified atom stereocenters. The second-order valence-electron chi connectivity index (χ2n) is 9.74.